The van der Waals surface area contributed by atoms with Gasteiger partial charge in [-0.2, -0.15) is 0 Å². The Morgan fingerprint density at radius 3 is 2.68 bits per heavy atom. The van der Waals surface area contributed by atoms with E-state index in [0.717, 1.165) is 15.6 Å². The van der Waals surface area contributed by atoms with Gasteiger partial charge in [0, 0.05) is 11.5 Å². The highest BCUT2D eigenvalue weighted by molar-refractivity contribution is 9.10. The number of halogens is 1. The molecule has 0 amide bonds. The Morgan fingerprint density at radius 2 is 1.95 bits per heavy atom. The number of nitrogens with zero attached hydrogens (tertiary/aromatic N) is 2. The smallest absolute Gasteiger partial charge is 0.261 e. The Bertz CT molecular complexity index is 932. The second-order valence-corrected chi connectivity index (χ2v) is 6.00. The van der Waals surface area contributed by atoms with Gasteiger partial charge in [-0.1, -0.05) is 12.1 Å². The zero-order valence-corrected chi connectivity index (χ0v) is 14.1. The van der Waals surface area contributed by atoms with Crippen molar-refractivity contribution in [2.75, 3.05) is 7.11 Å². The molecule has 1 heterocycles. The molecule has 0 aliphatic carbocycles. The molecule has 0 N–H and O–H groups in total. The van der Waals surface area contributed by atoms with Crippen molar-refractivity contribution >= 4 is 26.8 Å². The van der Waals surface area contributed by atoms with E-state index in [0.29, 0.717) is 22.5 Å². The molecule has 22 heavy (non-hydrogen) atoms. The number of fused-ring (bicyclic) bond motifs is 1. The summed E-state index contributed by atoms with van der Waals surface area (Å²) in [6.45, 7) is 1.96. The largest absolute Gasteiger partial charge is 0.496 e. The normalized spacial score (nSPS) is 10.9. The zero-order chi connectivity index (χ0) is 15.9. The molecule has 0 saturated carbocycles. The van der Waals surface area contributed by atoms with E-state index in [9.17, 15) is 4.79 Å². The van der Waals surface area contributed by atoms with E-state index in [4.69, 9.17) is 9.72 Å². The van der Waals surface area contributed by atoms with Crippen molar-refractivity contribution in [3.05, 3.63) is 56.8 Å². The number of hydrogen-bond acceptors (Lipinski definition) is 3. The Balaban J connectivity index is 2.42. The maximum absolute atomic E-state index is 12.7. The lowest BCUT2D eigenvalue weighted by atomic mass is 10.1. The molecule has 1 aromatic heterocycles. The fourth-order valence-corrected chi connectivity index (χ4v) is 3.20. The molecule has 0 aliphatic heterocycles. The molecule has 112 valence electrons. The fraction of sp³-hybridized carbons (Fsp3) is 0.176. The maximum atomic E-state index is 12.7. The van der Waals surface area contributed by atoms with Crippen LogP contribution in [0.15, 0.2) is 45.7 Å². The van der Waals surface area contributed by atoms with Crippen LogP contribution in [0.2, 0.25) is 0 Å². The van der Waals surface area contributed by atoms with Crippen LogP contribution in [0.25, 0.3) is 22.3 Å². The topological polar surface area (TPSA) is 44.1 Å². The minimum atomic E-state index is -0.0738. The van der Waals surface area contributed by atoms with Gasteiger partial charge in [0.15, 0.2) is 0 Å². The summed E-state index contributed by atoms with van der Waals surface area (Å²) in [6, 6.07) is 11.4. The monoisotopic (exact) mass is 358 g/mol. The van der Waals surface area contributed by atoms with E-state index in [2.05, 4.69) is 15.9 Å². The van der Waals surface area contributed by atoms with Gasteiger partial charge in [-0.3, -0.25) is 9.36 Å². The third-order valence-electron chi connectivity index (χ3n) is 3.63. The molecular formula is C17H15BrN2O2. The lowest BCUT2D eigenvalue weighted by Crippen LogP contribution is -2.20. The van der Waals surface area contributed by atoms with Gasteiger partial charge in [-0.15, -0.1) is 0 Å². The summed E-state index contributed by atoms with van der Waals surface area (Å²) in [5.74, 6) is 1.27. The molecule has 4 nitrogen and oxygen atoms in total. The van der Waals surface area contributed by atoms with Crippen LogP contribution in [-0.2, 0) is 7.05 Å². The van der Waals surface area contributed by atoms with Crippen molar-refractivity contribution in [3.63, 3.8) is 0 Å². The third-order valence-corrected chi connectivity index (χ3v) is 4.23. The van der Waals surface area contributed by atoms with Crippen LogP contribution >= 0.6 is 15.9 Å². The van der Waals surface area contributed by atoms with Crippen LogP contribution in [0.5, 0.6) is 5.75 Å². The summed E-state index contributed by atoms with van der Waals surface area (Å²) < 4.78 is 7.77. The van der Waals surface area contributed by atoms with Gasteiger partial charge in [0.05, 0.1) is 23.6 Å². The first kappa shape index (κ1) is 14.8. The first-order valence-electron chi connectivity index (χ1n) is 6.83. The highest BCUT2D eigenvalue weighted by Gasteiger charge is 2.15. The second-order valence-electron chi connectivity index (χ2n) is 5.14. The highest BCUT2D eigenvalue weighted by Crippen LogP contribution is 2.30. The zero-order valence-electron chi connectivity index (χ0n) is 12.6. The molecule has 0 aliphatic rings. The van der Waals surface area contributed by atoms with Crippen molar-refractivity contribution in [2.24, 2.45) is 7.05 Å². The molecule has 0 saturated heterocycles. The maximum Gasteiger partial charge on any atom is 0.261 e. The Morgan fingerprint density at radius 1 is 1.23 bits per heavy atom. The second kappa shape index (κ2) is 5.57. The van der Waals surface area contributed by atoms with Crippen LogP contribution in [0.3, 0.4) is 0 Å². The summed E-state index contributed by atoms with van der Waals surface area (Å²) >= 11 is 3.51. The minimum Gasteiger partial charge on any atom is -0.496 e. The molecule has 0 bridgehead atoms. The Kier molecular flexibility index (Phi) is 3.74. The van der Waals surface area contributed by atoms with Crippen molar-refractivity contribution in [1.82, 2.24) is 9.55 Å². The Labute approximate surface area is 136 Å². The molecule has 3 aromatic rings. The van der Waals surface area contributed by atoms with Gasteiger partial charge in [0.25, 0.3) is 5.56 Å². The third kappa shape index (κ3) is 2.31. The van der Waals surface area contributed by atoms with Gasteiger partial charge < -0.3 is 4.74 Å². The minimum absolute atomic E-state index is 0.0738. The van der Waals surface area contributed by atoms with Crippen LogP contribution in [-0.4, -0.2) is 16.7 Å². The van der Waals surface area contributed by atoms with Gasteiger partial charge in [0.2, 0.25) is 0 Å². The summed E-state index contributed by atoms with van der Waals surface area (Å²) in [6.07, 6.45) is 0. The van der Waals surface area contributed by atoms with Gasteiger partial charge in [-0.05, 0) is 52.7 Å². The number of rotatable bonds is 2. The average molecular weight is 359 g/mol. The number of aryl methyl sites for hydroxylation is 1. The first-order chi connectivity index (χ1) is 10.5. The average Bonchev–Trinajstić information content (AvgIpc) is 2.51. The highest BCUT2D eigenvalue weighted by atomic mass is 79.9. The van der Waals surface area contributed by atoms with Crippen LogP contribution in [0, 0.1) is 6.92 Å². The number of benzene rings is 2. The van der Waals surface area contributed by atoms with E-state index in [-0.39, 0.29) is 5.56 Å². The molecule has 3 rings (SSSR count). The molecule has 2 aromatic carbocycles. The van der Waals surface area contributed by atoms with Crippen LogP contribution < -0.4 is 10.3 Å². The number of hydrogen-bond donors (Lipinski definition) is 0. The van der Waals surface area contributed by atoms with Gasteiger partial charge >= 0.3 is 0 Å². The molecule has 0 spiro atoms. The summed E-state index contributed by atoms with van der Waals surface area (Å²) in [5, 5.41) is 0.605. The lowest BCUT2D eigenvalue weighted by molar-refractivity contribution is 0.416. The van der Waals surface area contributed by atoms with E-state index < -0.39 is 0 Å². The molecule has 0 fully saturated rings. The van der Waals surface area contributed by atoms with Crippen molar-refractivity contribution in [2.45, 2.75) is 6.92 Å². The van der Waals surface area contributed by atoms with E-state index >= 15 is 0 Å². The number of para-hydroxylation sites is 1. The molecule has 0 atom stereocenters. The van der Waals surface area contributed by atoms with Gasteiger partial charge in [-0.25, -0.2) is 4.98 Å². The van der Waals surface area contributed by atoms with E-state index in [1.165, 1.54) is 0 Å². The van der Waals surface area contributed by atoms with Crippen molar-refractivity contribution in [3.8, 4) is 17.1 Å². The fourth-order valence-electron chi connectivity index (χ4n) is 2.54. The van der Waals surface area contributed by atoms with Crippen molar-refractivity contribution in [1.29, 1.82) is 0 Å². The SMILES string of the molecule is COc1ccccc1-c1nc2c(Br)cc(C)cc2c(=O)n1C. The standard InChI is InChI=1S/C17H15BrN2O2/c1-10-8-12-15(13(18)9-10)19-16(20(2)17(12)21)11-6-4-5-7-14(11)22-3/h4-9H,1-3H3. The number of ether oxygens (including phenoxy) is 1. The van der Waals surface area contributed by atoms with Gasteiger partial charge in [0.1, 0.15) is 11.6 Å². The molecule has 0 radical (unpaired) electrons. The van der Waals surface area contributed by atoms with Crippen LogP contribution in [0.1, 0.15) is 5.56 Å². The first-order valence-corrected chi connectivity index (χ1v) is 7.62. The van der Waals surface area contributed by atoms with Crippen molar-refractivity contribution < 1.29 is 4.74 Å². The number of aromatic nitrogens is 2. The summed E-state index contributed by atoms with van der Waals surface area (Å²) in [7, 11) is 3.34. The number of methoxy groups -OCH3 is 1. The van der Waals surface area contributed by atoms with E-state index in [1.807, 2.05) is 43.3 Å². The Hall–Kier alpha value is -2.14. The van der Waals surface area contributed by atoms with Crippen LogP contribution in [0.4, 0.5) is 0 Å². The summed E-state index contributed by atoms with van der Waals surface area (Å²) in [4.78, 5) is 17.4. The van der Waals surface area contributed by atoms with E-state index in [1.54, 1.807) is 18.7 Å². The predicted octanol–water partition coefficient (Wildman–Crippen LogP) is 3.68. The lowest BCUT2D eigenvalue weighted by Gasteiger charge is -2.13. The quantitative estimate of drug-likeness (QED) is 0.701. The molecule has 5 heteroatoms. The predicted molar refractivity (Wildman–Crippen MR) is 91.4 cm³/mol. The summed E-state index contributed by atoms with van der Waals surface area (Å²) in [5.41, 5.74) is 2.40. The molecular weight excluding hydrogens is 344 g/mol. The molecule has 0 unspecified atom stereocenters.